The fourth-order valence-electron chi connectivity index (χ4n) is 1.72. The largest absolute Gasteiger partial charge is 0.370 e. The zero-order valence-electron chi connectivity index (χ0n) is 14.9. The molecule has 0 fully saturated rings. The molecule has 0 aromatic heterocycles. The molecule has 0 bridgehead atoms. The molecule has 0 unspecified atom stereocenters. The molecule has 0 heterocycles. The maximum Gasteiger partial charge on any atom is 0.199 e. The molecule has 2 aromatic carbocycles. The zero-order chi connectivity index (χ0) is 21.1. The molecule has 12 N–H and O–H groups in total. The van der Waals surface area contributed by atoms with Gasteiger partial charge in [0.2, 0.25) is 0 Å². The maximum atomic E-state index is 12.7. The maximum absolute atomic E-state index is 12.7. The molecule has 0 aliphatic carbocycles. The van der Waals surface area contributed by atoms with Crippen LogP contribution in [0.15, 0.2) is 48.5 Å². The van der Waals surface area contributed by atoms with Gasteiger partial charge < -0.3 is 22.1 Å². The van der Waals surface area contributed by atoms with Crippen molar-refractivity contribution in [2.24, 2.45) is 11.5 Å². The number of guanidine groups is 4. The van der Waals surface area contributed by atoms with Crippen molar-refractivity contribution < 1.29 is 8.78 Å². The van der Waals surface area contributed by atoms with Gasteiger partial charge in [0.05, 0.1) is 0 Å². The van der Waals surface area contributed by atoms with E-state index in [9.17, 15) is 8.78 Å². The Labute approximate surface area is 171 Å². The van der Waals surface area contributed by atoms with E-state index in [1.165, 1.54) is 42.5 Å². The minimum atomic E-state index is -0.398. The lowest BCUT2D eigenvalue weighted by molar-refractivity contribution is 0.628. The number of hydrogen-bond acceptors (Lipinski definition) is 4. The summed E-state index contributed by atoms with van der Waals surface area (Å²) in [6.45, 7) is 0. The minimum absolute atomic E-state index is 0. The van der Waals surface area contributed by atoms with Crippen molar-refractivity contribution in [1.29, 1.82) is 21.6 Å². The van der Waals surface area contributed by atoms with E-state index in [-0.39, 0.29) is 42.1 Å². The number of halogens is 3. The summed E-state index contributed by atoms with van der Waals surface area (Å²) in [6, 6.07) is 11.1. The second-order valence-corrected chi connectivity index (χ2v) is 5.09. The molecule has 0 amide bonds. The molecular formula is C16H21ClF2N10. The Balaban J connectivity index is 0.000000523. The number of rotatable bonds is 2. The number of anilines is 2. The Bertz CT molecular complexity index is 857. The molecule has 0 atom stereocenters. The second-order valence-electron chi connectivity index (χ2n) is 5.09. The summed E-state index contributed by atoms with van der Waals surface area (Å²) >= 11 is 0. The molecule has 0 aliphatic heterocycles. The summed E-state index contributed by atoms with van der Waals surface area (Å²) in [5.41, 5.74) is 11.0. The van der Waals surface area contributed by atoms with Crippen LogP contribution in [0.3, 0.4) is 0 Å². The first kappa shape index (κ1) is 25.1. The molecule has 0 spiro atoms. The number of nitrogens with one attached hydrogen (secondary N) is 8. The van der Waals surface area contributed by atoms with Crippen molar-refractivity contribution in [3.63, 3.8) is 0 Å². The van der Waals surface area contributed by atoms with Crippen molar-refractivity contribution in [2.45, 2.75) is 0 Å². The molecular weight excluding hydrogens is 406 g/mol. The Hall–Kier alpha value is -3.93. The van der Waals surface area contributed by atoms with Gasteiger partial charge in [-0.3, -0.25) is 32.3 Å². The molecule has 29 heavy (non-hydrogen) atoms. The van der Waals surface area contributed by atoms with Gasteiger partial charge in [-0.2, -0.15) is 0 Å². The fourth-order valence-corrected chi connectivity index (χ4v) is 1.72. The Morgan fingerprint density at radius 3 is 1.62 bits per heavy atom. The van der Waals surface area contributed by atoms with Gasteiger partial charge in [-0.15, -0.1) is 12.4 Å². The van der Waals surface area contributed by atoms with E-state index in [2.05, 4.69) is 21.3 Å². The monoisotopic (exact) mass is 426 g/mol. The van der Waals surface area contributed by atoms with E-state index in [4.69, 9.17) is 33.1 Å². The van der Waals surface area contributed by atoms with Crippen LogP contribution in [0.1, 0.15) is 0 Å². The first-order chi connectivity index (χ1) is 13.2. The standard InChI is InChI=1S/2C8H10FN5.ClH/c9-5-1-3-6(4-2-5)13-8(12)14-7(10)11;9-5-2-1-3-6(4-5)13-8(12)14-7(10)11;/h2*1-4H,(H6,10,11,12,13,14);1H. The van der Waals surface area contributed by atoms with Crippen LogP contribution in [0.2, 0.25) is 0 Å². The topological polar surface area (TPSA) is 196 Å². The van der Waals surface area contributed by atoms with Gasteiger partial charge >= 0.3 is 0 Å². The molecule has 0 saturated heterocycles. The third-order valence-electron chi connectivity index (χ3n) is 2.73. The fraction of sp³-hybridized carbons (Fsp3) is 0. The van der Waals surface area contributed by atoms with Crippen molar-refractivity contribution >= 4 is 47.6 Å². The summed E-state index contributed by atoms with van der Waals surface area (Å²) in [6.07, 6.45) is 0. The summed E-state index contributed by atoms with van der Waals surface area (Å²) in [5, 5.41) is 37.8. The average Bonchev–Trinajstić information content (AvgIpc) is 2.56. The van der Waals surface area contributed by atoms with Crippen LogP contribution in [0, 0.1) is 33.3 Å². The highest BCUT2D eigenvalue weighted by atomic mass is 35.5. The first-order valence-electron chi connectivity index (χ1n) is 7.60. The van der Waals surface area contributed by atoms with Crippen LogP contribution >= 0.6 is 12.4 Å². The van der Waals surface area contributed by atoms with Crippen LogP contribution in [0.5, 0.6) is 0 Å². The van der Waals surface area contributed by atoms with E-state index >= 15 is 0 Å². The van der Waals surface area contributed by atoms with Gasteiger partial charge in [0.25, 0.3) is 0 Å². The van der Waals surface area contributed by atoms with Crippen molar-refractivity contribution in [3.05, 3.63) is 60.2 Å². The molecule has 0 radical (unpaired) electrons. The highest BCUT2D eigenvalue weighted by Crippen LogP contribution is 2.08. The van der Waals surface area contributed by atoms with Crippen LogP contribution in [0.25, 0.3) is 0 Å². The van der Waals surface area contributed by atoms with Crippen molar-refractivity contribution in [1.82, 2.24) is 10.6 Å². The third kappa shape index (κ3) is 11.4. The van der Waals surface area contributed by atoms with Crippen LogP contribution in [0.4, 0.5) is 20.2 Å². The van der Waals surface area contributed by atoms with E-state index in [1.807, 2.05) is 0 Å². The molecule has 156 valence electrons. The predicted molar refractivity (Wildman–Crippen MR) is 113 cm³/mol. The van der Waals surface area contributed by atoms with Gasteiger partial charge in [-0.25, -0.2) is 8.78 Å². The minimum Gasteiger partial charge on any atom is -0.370 e. The normalized spacial score (nSPS) is 8.90. The van der Waals surface area contributed by atoms with E-state index in [1.54, 1.807) is 6.07 Å². The molecule has 0 saturated carbocycles. The Morgan fingerprint density at radius 1 is 0.690 bits per heavy atom. The summed E-state index contributed by atoms with van der Waals surface area (Å²) in [5.74, 6) is -1.73. The van der Waals surface area contributed by atoms with Gasteiger partial charge in [-0.1, -0.05) is 6.07 Å². The number of benzene rings is 2. The highest BCUT2D eigenvalue weighted by Gasteiger charge is 1.99. The van der Waals surface area contributed by atoms with Gasteiger partial charge in [0.1, 0.15) is 11.6 Å². The first-order valence-corrected chi connectivity index (χ1v) is 7.60. The molecule has 2 aromatic rings. The van der Waals surface area contributed by atoms with E-state index in [0.717, 1.165) is 0 Å². The highest BCUT2D eigenvalue weighted by molar-refractivity contribution is 6.02. The van der Waals surface area contributed by atoms with E-state index in [0.29, 0.717) is 11.4 Å². The summed E-state index contributed by atoms with van der Waals surface area (Å²) < 4.78 is 25.2. The van der Waals surface area contributed by atoms with Gasteiger partial charge in [0.15, 0.2) is 23.8 Å². The average molecular weight is 427 g/mol. The van der Waals surface area contributed by atoms with Crippen LogP contribution in [-0.2, 0) is 0 Å². The predicted octanol–water partition coefficient (Wildman–Crippen LogP) is 1.73. The van der Waals surface area contributed by atoms with Crippen LogP contribution < -0.4 is 32.7 Å². The Kier molecular flexibility index (Phi) is 10.8. The van der Waals surface area contributed by atoms with Gasteiger partial charge in [-0.05, 0) is 42.5 Å². The Morgan fingerprint density at radius 2 is 1.17 bits per heavy atom. The number of nitrogens with two attached hydrogens (primary N) is 2. The summed E-state index contributed by atoms with van der Waals surface area (Å²) in [4.78, 5) is 0. The number of hydrogen-bond donors (Lipinski definition) is 10. The lowest BCUT2D eigenvalue weighted by atomic mass is 10.3. The smallest absolute Gasteiger partial charge is 0.199 e. The lowest BCUT2D eigenvalue weighted by Gasteiger charge is -2.08. The summed E-state index contributed by atoms with van der Waals surface area (Å²) in [7, 11) is 0. The van der Waals surface area contributed by atoms with Gasteiger partial charge in [0, 0.05) is 11.4 Å². The molecule has 13 heteroatoms. The van der Waals surface area contributed by atoms with Crippen LogP contribution in [-0.4, -0.2) is 23.8 Å². The van der Waals surface area contributed by atoms with E-state index < -0.39 is 5.82 Å². The molecule has 2 rings (SSSR count). The SMILES string of the molecule is Cl.N=C(N)NC(=N)Nc1ccc(F)cc1.N=C(N)NC(=N)Nc1cccc(F)c1. The molecule has 10 nitrogen and oxygen atoms in total. The molecule has 0 aliphatic rings. The quantitative estimate of drug-likeness (QED) is 0.256. The third-order valence-corrected chi connectivity index (χ3v) is 2.73. The van der Waals surface area contributed by atoms with Crippen molar-refractivity contribution in [3.8, 4) is 0 Å². The van der Waals surface area contributed by atoms with Crippen molar-refractivity contribution in [2.75, 3.05) is 10.6 Å². The lowest BCUT2D eigenvalue weighted by Crippen LogP contribution is -2.39. The zero-order valence-corrected chi connectivity index (χ0v) is 15.8. The second kappa shape index (κ2) is 12.5.